The Balaban J connectivity index is 2.20. The van der Waals surface area contributed by atoms with Crippen LogP contribution in [0.5, 0.6) is 0 Å². The molecule has 0 bridgehead atoms. The molecule has 98 valence electrons. The van der Waals surface area contributed by atoms with Crippen molar-refractivity contribution in [1.82, 2.24) is 5.32 Å². The van der Waals surface area contributed by atoms with E-state index in [2.05, 4.69) is 5.32 Å². The number of hydrogen-bond donors (Lipinski definition) is 1. The van der Waals surface area contributed by atoms with Crippen LogP contribution in [0.4, 0.5) is 0 Å². The molecule has 1 rings (SSSR count). The Bertz CT molecular complexity index is 255. The predicted octanol–water partition coefficient (Wildman–Crippen LogP) is 2.67. The summed E-state index contributed by atoms with van der Waals surface area (Å²) in [5, 5.41) is 3.41. The normalized spacial score (nSPS) is 18.1. The topological polar surface area (TPSA) is 38.3 Å². The number of rotatable bonds is 6. The SMILES string of the molecule is CCC(=CCNCC1CCCCC1)C(=O)OC. The molecule has 0 atom stereocenters. The van der Waals surface area contributed by atoms with E-state index in [9.17, 15) is 4.79 Å². The van der Waals surface area contributed by atoms with Gasteiger partial charge in [0, 0.05) is 12.1 Å². The van der Waals surface area contributed by atoms with Crippen molar-refractivity contribution in [2.24, 2.45) is 5.92 Å². The van der Waals surface area contributed by atoms with E-state index in [0.717, 1.165) is 31.0 Å². The van der Waals surface area contributed by atoms with Crippen molar-refractivity contribution in [2.75, 3.05) is 20.2 Å². The average Bonchev–Trinajstić information content (AvgIpc) is 2.39. The number of nitrogens with one attached hydrogen (secondary N) is 1. The van der Waals surface area contributed by atoms with Gasteiger partial charge in [-0.25, -0.2) is 4.79 Å². The minimum Gasteiger partial charge on any atom is -0.466 e. The highest BCUT2D eigenvalue weighted by molar-refractivity contribution is 5.88. The molecule has 17 heavy (non-hydrogen) atoms. The van der Waals surface area contributed by atoms with Gasteiger partial charge in [0.25, 0.3) is 0 Å². The summed E-state index contributed by atoms with van der Waals surface area (Å²) >= 11 is 0. The number of carbonyl (C=O) groups is 1. The van der Waals surface area contributed by atoms with E-state index < -0.39 is 0 Å². The molecule has 1 aliphatic carbocycles. The van der Waals surface area contributed by atoms with Crippen LogP contribution in [0.3, 0.4) is 0 Å². The van der Waals surface area contributed by atoms with Crippen molar-refractivity contribution >= 4 is 5.97 Å². The van der Waals surface area contributed by atoms with Gasteiger partial charge in [0.05, 0.1) is 7.11 Å². The molecule has 1 fully saturated rings. The van der Waals surface area contributed by atoms with Crippen LogP contribution in [0, 0.1) is 5.92 Å². The van der Waals surface area contributed by atoms with Crippen molar-refractivity contribution < 1.29 is 9.53 Å². The summed E-state index contributed by atoms with van der Waals surface area (Å²) in [5.74, 6) is 0.632. The molecule has 0 aromatic heterocycles. The molecule has 1 N–H and O–H groups in total. The molecule has 3 heteroatoms. The van der Waals surface area contributed by atoms with Crippen molar-refractivity contribution in [3.8, 4) is 0 Å². The lowest BCUT2D eigenvalue weighted by Gasteiger charge is -2.21. The Morgan fingerprint density at radius 3 is 2.65 bits per heavy atom. The highest BCUT2D eigenvalue weighted by atomic mass is 16.5. The van der Waals surface area contributed by atoms with Gasteiger partial charge in [-0.1, -0.05) is 32.3 Å². The molecule has 0 radical (unpaired) electrons. The fraction of sp³-hybridized carbons (Fsp3) is 0.786. The Morgan fingerprint density at radius 1 is 1.35 bits per heavy atom. The van der Waals surface area contributed by atoms with Crippen LogP contribution in [0.25, 0.3) is 0 Å². The first-order chi connectivity index (χ1) is 8.27. The molecule has 0 unspecified atom stereocenters. The van der Waals surface area contributed by atoms with E-state index in [1.807, 2.05) is 13.0 Å². The third-order valence-electron chi connectivity index (χ3n) is 3.48. The number of methoxy groups -OCH3 is 1. The van der Waals surface area contributed by atoms with Gasteiger partial charge in [-0.05, 0) is 31.7 Å². The van der Waals surface area contributed by atoms with Gasteiger partial charge in [-0.15, -0.1) is 0 Å². The van der Waals surface area contributed by atoms with E-state index in [4.69, 9.17) is 4.74 Å². The maximum Gasteiger partial charge on any atom is 0.333 e. The summed E-state index contributed by atoms with van der Waals surface area (Å²) < 4.78 is 4.72. The van der Waals surface area contributed by atoms with Gasteiger partial charge in [0.1, 0.15) is 0 Å². The van der Waals surface area contributed by atoms with Crippen molar-refractivity contribution in [3.05, 3.63) is 11.6 Å². The maximum absolute atomic E-state index is 11.3. The zero-order valence-corrected chi connectivity index (χ0v) is 11.1. The molecule has 0 aromatic rings. The smallest absolute Gasteiger partial charge is 0.333 e. The molecule has 0 aromatic carbocycles. The van der Waals surface area contributed by atoms with Gasteiger partial charge in [-0.2, -0.15) is 0 Å². The molecular weight excluding hydrogens is 214 g/mol. The standard InChI is InChI=1S/C14H25NO2/c1-3-13(14(16)17-2)9-10-15-11-12-7-5-4-6-8-12/h9,12,15H,3-8,10-11H2,1-2H3. The monoisotopic (exact) mass is 239 g/mol. The molecule has 1 saturated carbocycles. The number of ether oxygens (including phenoxy) is 1. The molecule has 0 amide bonds. The van der Waals surface area contributed by atoms with Crippen LogP contribution in [0.2, 0.25) is 0 Å². The van der Waals surface area contributed by atoms with Crippen molar-refractivity contribution in [1.29, 1.82) is 0 Å². The Hall–Kier alpha value is -0.830. The lowest BCUT2D eigenvalue weighted by atomic mass is 9.89. The van der Waals surface area contributed by atoms with Gasteiger partial charge in [0.15, 0.2) is 0 Å². The zero-order valence-electron chi connectivity index (χ0n) is 11.1. The molecule has 3 nitrogen and oxygen atoms in total. The van der Waals surface area contributed by atoms with Gasteiger partial charge < -0.3 is 10.1 Å². The number of esters is 1. The lowest BCUT2D eigenvalue weighted by Crippen LogP contribution is -2.25. The summed E-state index contributed by atoms with van der Waals surface area (Å²) in [6.45, 7) is 3.83. The van der Waals surface area contributed by atoms with Gasteiger partial charge in [-0.3, -0.25) is 0 Å². The predicted molar refractivity (Wildman–Crippen MR) is 69.8 cm³/mol. The van der Waals surface area contributed by atoms with E-state index in [-0.39, 0.29) is 5.97 Å². The minimum absolute atomic E-state index is 0.202. The molecule has 1 aliphatic rings. The van der Waals surface area contributed by atoms with Crippen LogP contribution in [-0.4, -0.2) is 26.2 Å². The third-order valence-corrected chi connectivity index (χ3v) is 3.48. The van der Waals surface area contributed by atoms with E-state index in [1.165, 1.54) is 39.2 Å². The lowest BCUT2D eigenvalue weighted by molar-refractivity contribution is -0.136. The van der Waals surface area contributed by atoms with Crippen molar-refractivity contribution in [2.45, 2.75) is 45.4 Å². The van der Waals surface area contributed by atoms with E-state index >= 15 is 0 Å². The fourth-order valence-corrected chi connectivity index (χ4v) is 2.38. The second kappa shape index (κ2) is 8.29. The van der Waals surface area contributed by atoms with Crippen LogP contribution >= 0.6 is 0 Å². The molecule has 0 heterocycles. The fourth-order valence-electron chi connectivity index (χ4n) is 2.38. The Morgan fingerprint density at radius 2 is 2.06 bits per heavy atom. The summed E-state index contributed by atoms with van der Waals surface area (Å²) in [6, 6.07) is 0. The second-order valence-electron chi connectivity index (χ2n) is 4.74. The van der Waals surface area contributed by atoms with Crippen LogP contribution < -0.4 is 5.32 Å². The largest absolute Gasteiger partial charge is 0.466 e. The van der Waals surface area contributed by atoms with E-state index in [1.54, 1.807) is 0 Å². The number of carbonyl (C=O) groups excluding carboxylic acids is 1. The Kier molecular flexibility index (Phi) is 6.94. The number of hydrogen-bond acceptors (Lipinski definition) is 3. The average molecular weight is 239 g/mol. The first-order valence-corrected chi connectivity index (χ1v) is 6.76. The molecule has 0 aliphatic heterocycles. The minimum atomic E-state index is -0.202. The molecule has 0 saturated heterocycles. The second-order valence-corrected chi connectivity index (χ2v) is 4.74. The highest BCUT2D eigenvalue weighted by Gasteiger charge is 2.12. The highest BCUT2D eigenvalue weighted by Crippen LogP contribution is 2.22. The summed E-state index contributed by atoms with van der Waals surface area (Å²) in [4.78, 5) is 11.3. The van der Waals surface area contributed by atoms with Crippen LogP contribution in [0.15, 0.2) is 11.6 Å². The first-order valence-electron chi connectivity index (χ1n) is 6.76. The van der Waals surface area contributed by atoms with Gasteiger partial charge >= 0.3 is 5.97 Å². The quantitative estimate of drug-likeness (QED) is 0.440. The van der Waals surface area contributed by atoms with Crippen molar-refractivity contribution in [3.63, 3.8) is 0 Å². The summed E-state index contributed by atoms with van der Waals surface area (Å²) in [5.41, 5.74) is 0.767. The van der Waals surface area contributed by atoms with E-state index in [0.29, 0.717) is 0 Å². The Labute approximate surface area is 105 Å². The maximum atomic E-state index is 11.3. The molecular formula is C14H25NO2. The van der Waals surface area contributed by atoms with Gasteiger partial charge in [0.2, 0.25) is 0 Å². The summed E-state index contributed by atoms with van der Waals surface area (Å²) in [6.07, 6.45) is 9.56. The summed E-state index contributed by atoms with van der Waals surface area (Å²) in [7, 11) is 1.43. The third kappa shape index (κ3) is 5.35. The molecule has 0 spiro atoms. The zero-order chi connectivity index (χ0) is 12.5. The van der Waals surface area contributed by atoms with Crippen LogP contribution in [0.1, 0.15) is 45.4 Å². The first kappa shape index (κ1) is 14.2. The van der Waals surface area contributed by atoms with Crippen LogP contribution in [-0.2, 0) is 9.53 Å².